The van der Waals surface area contributed by atoms with Crippen LogP contribution in [0.5, 0.6) is 5.75 Å². The number of ether oxygens (including phenoxy) is 2. The Bertz CT molecular complexity index is 877. The molecule has 0 radical (unpaired) electrons. The van der Waals surface area contributed by atoms with Gasteiger partial charge in [-0.1, -0.05) is 41.5 Å². The van der Waals surface area contributed by atoms with Crippen molar-refractivity contribution >= 4 is 18.4 Å². The first kappa shape index (κ1) is 38.6. The van der Waals surface area contributed by atoms with Crippen molar-refractivity contribution in [2.45, 2.75) is 74.1 Å². The van der Waals surface area contributed by atoms with Crippen LogP contribution in [0, 0.1) is 16.6 Å². The van der Waals surface area contributed by atoms with Gasteiger partial charge in [0.05, 0.1) is 18.8 Å². The molecule has 2 aliphatic heterocycles. The molecule has 0 spiro atoms. The third-order valence-electron chi connectivity index (χ3n) is 7.60. The molecule has 0 saturated carbocycles. The van der Waals surface area contributed by atoms with Crippen LogP contribution in [-0.4, -0.2) is 106 Å². The molecular weight excluding hydrogens is 555 g/mol. The second kappa shape index (κ2) is 19.8. The summed E-state index contributed by atoms with van der Waals surface area (Å²) in [5, 5.41) is 3.37. The standard InChI is InChI=1S/C23H37FN2O3.C10H22N2.ClH/c1-5-28-22(27)19-8-9-21(20(24)18-19)29-17-7-6-11-25-13-15-26(16-14-25)12-10-23(2,3)4;1-10(2,3)4-7-12-8-5-11-6-9-12;/h8-9,18H,5-7,10-17H2,1-4H3;11H,4-9H2,1-3H3;1H. The van der Waals surface area contributed by atoms with Crippen LogP contribution in [0.15, 0.2) is 18.2 Å². The van der Waals surface area contributed by atoms with Crippen molar-refractivity contribution in [2.75, 3.05) is 85.2 Å². The molecule has 0 bridgehead atoms. The van der Waals surface area contributed by atoms with Gasteiger partial charge < -0.3 is 29.5 Å². The Morgan fingerprint density at radius 2 is 1.36 bits per heavy atom. The van der Waals surface area contributed by atoms with Gasteiger partial charge >= 0.3 is 5.97 Å². The summed E-state index contributed by atoms with van der Waals surface area (Å²) in [7, 11) is 0. The molecule has 3 rings (SSSR count). The Morgan fingerprint density at radius 1 is 0.833 bits per heavy atom. The van der Waals surface area contributed by atoms with Gasteiger partial charge in [0, 0.05) is 52.4 Å². The quantitative estimate of drug-likeness (QED) is 0.230. The normalized spacial score (nSPS) is 17.1. The predicted molar refractivity (Wildman–Crippen MR) is 175 cm³/mol. The van der Waals surface area contributed by atoms with E-state index in [1.807, 2.05) is 0 Å². The number of nitrogens with one attached hydrogen (secondary N) is 1. The number of hydrogen-bond acceptors (Lipinski definition) is 7. The number of benzene rings is 1. The van der Waals surface area contributed by atoms with Crippen LogP contribution in [0.3, 0.4) is 0 Å². The molecule has 7 nitrogen and oxygen atoms in total. The van der Waals surface area contributed by atoms with Crippen molar-refractivity contribution < 1.29 is 18.7 Å². The van der Waals surface area contributed by atoms with Gasteiger partial charge in [-0.05, 0) is 81.3 Å². The second-order valence-corrected chi connectivity index (χ2v) is 13.8. The van der Waals surface area contributed by atoms with Gasteiger partial charge in [0.2, 0.25) is 0 Å². The molecule has 0 amide bonds. The summed E-state index contributed by atoms with van der Waals surface area (Å²) in [5.74, 6) is -0.858. The first-order valence-electron chi connectivity index (χ1n) is 15.8. The monoisotopic (exact) mass is 614 g/mol. The minimum atomic E-state index is -0.526. The van der Waals surface area contributed by atoms with Crippen molar-refractivity contribution in [1.82, 2.24) is 20.0 Å². The van der Waals surface area contributed by atoms with Crippen molar-refractivity contribution in [2.24, 2.45) is 10.8 Å². The number of hydrogen-bond donors (Lipinski definition) is 1. The Balaban J connectivity index is 0.000000569. The lowest BCUT2D eigenvalue weighted by molar-refractivity contribution is 0.0525. The molecule has 1 N–H and O–H groups in total. The lowest BCUT2D eigenvalue weighted by atomic mass is 9.92. The molecule has 244 valence electrons. The number of rotatable bonds is 12. The van der Waals surface area contributed by atoms with Crippen molar-refractivity contribution in [3.63, 3.8) is 0 Å². The van der Waals surface area contributed by atoms with E-state index in [0.717, 1.165) is 45.6 Å². The van der Waals surface area contributed by atoms with E-state index >= 15 is 0 Å². The average molecular weight is 615 g/mol. The molecule has 0 unspecified atom stereocenters. The number of unbranched alkanes of at least 4 members (excludes halogenated alkanes) is 1. The average Bonchev–Trinajstić information content (AvgIpc) is 2.92. The zero-order valence-electron chi connectivity index (χ0n) is 27.6. The van der Waals surface area contributed by atoms with E-state index < -0.39 is 11.8 Å². The predicted octanol–water partition coefficient (Wildman–Crippen LogP) is 5.96. The molecule has 42 heavy (non-hydrogen) atoms. The molecule has 0 aromatic heterocycles. The third kappa shape index (κ3) is 17.0. The number of piperazine rings is 2. The van der Waals surface area contributed by atoms with Crippen molar-refractivity contribution in [3.05, 3.63) is 29.6 Å². The first-order valence-corrected chi connectivity index (χ1v) is 15.8. The first-order chi connectivity index (χ1) is 19.4. The number of carbonyl (C=O) groups is 1. The van der Waals surface area contributed by atoms with E-state index in [-0.39, 0.29) is 30.3 Å². The van der Waals surface area contributed by atoms with E-state index in [1.165, 1.54) is 70.3 Å². The fourth-order valence-corrected chi connectivity index (χ4v) is 4.74. The van der Waals surface area contributed by atoms with E-state index in [0.29, 0.717) is 17.4 Å². The summed E-state index contributed by atoms with van der Waals surface area (Å²) in [5.41, 5.74) is 1.10. The lowest BCUT2D eigenvalue weighted by Crippen LogP contribution is -2.47. The highest BCUT2D eigenvalue weighted by atomic mass is 35.5. The fourth-order valence-electron chi connectivity index (χ4n) is 4.74. The molecular formula is C33H60ClFN4O3. The van der Waals surface area contributed by atoms with E-state index in [1.54, 1.807) is 6.92 Å². The number of halogens is 2. The maximum atomic E-state index is 14.1. The van der Waals surface area contributed by atoms with Crippen LogP contribution in [0.25, 0.3) is 0 Å². The summed E-state index contributed by atoms with van der Waals surface area (Å²) in [4.78, 5) is 19.2. The van der Waals surface area contributed by atoms with Crippen LogP contribution in [0.1, 0.15) is 84.5 Å². The van der Waals surface area contributed by atoms with E-state index in [2.05, 4.69) is 61.6 Å². The van der Waals surface area contributed by atoms with E-state index in [9.17, 15) is 9.18 Å². The molecule has 2 heterocycles. The fraction of sp³-hybridized carbons (Fsp3) is 0.788. The summed E-state index contributed by atoms with van der Waals surface area (Å²) in [6, 6.07) is 4.21. The van der Waals surface area contributed by atoms with Crippen LogP contribution in [-0.2, 0) is 4.74 Å². The third-order valence-corrected chi connectivity index (χ3v) is 7.60. The highest BCUT2D eigenvalue weighted by Crippen LogP contribution is 2.21. The Kier molecular flexibility index (Phi) is 18.1. The molecule has 0 aliphatic carbocycles. The van der Waals surface area contributed by atoms with Crippen LogP contribution >= 0.6 is 12.4 Å². The molecule has 1 aromatic carbocycles. The molecule has 9 heteroatoms. The summed E-state index contributed by atoms with van der Waals surface area (Å²) in [6.45, 7) is 29.1. The van der Waals surface area contributed by atoms with Gasteiger partial charge in [-0.25, -0.2) is 9.18 Å². The topological polar surface area (TPSA) is 57.3 Å². The SMILES string of the molecule is CC(C)(C)CCN1CCNCC1.CCOC(=O)c1ccc(OCCCCN2CCN(CCC(C)(C)C)CC2)c(F)c1.Cl. The summed E-state index contributed by atoms with van der Waals surface area (Å²) in [6.07, 6.45) is 4.46. The Hall–Kier alpha value is -1.45. The Morgan fingerprint density at radius 3 is 1.86 bits per heavy atom. The zero-order valence-corrected chi connectivity index (χ0v) is 28.4. The van der Waals surface area contributed by atoms with Gasteiger partial charge in [0.1, 0.15) is 0 Å². The van der Waals surface area contributed by atoms with Crippen LogP contribution in [0.4, 0.5) is 4.39 Å². The van der Waals surface area contributed by atoms with Gasteiger partial charge in [-0.15, -0.1) is 12.4 Å². The Labute approximate surface area is 262 Å². The molecule has 1 aromatic rings. The number of esters is 1. The summed E-state index contributed by atoms with van der Waals surface area (Å²) >= 11 is 0. The lowest BCUT2D eigenvalue weighted by Gasteiger charge is -2.36. The number of carbonyl (C=O) groups excluding carboxylic acids is 1. The zero-order chi connectivity index (χ0) is 30.3. The molecule has 2 aliphatic rings. The van der Waals surface area contributed by atoms with Crippen LogP contribution in [0.2, 0.25) is 0 Å². The molecule has 0 atom stereocenters. The minimum Gasteiger partial charge on any atom is -0.491 e. The highest BCUT2D eigenvalue weighted by Gasteiger charge is 2.19. The van der Waals surface area contributed by atoms with Gasteiger partial charge in [-0.3, -0.25) is 0 Å². The molecule has 2 fully saturated rings. The van der Waals surface area contributed by atoms with Crippen molar-refractivity contribution in [1.29, 1.82) is 0 Å². The maximum absolute atomic E-state index is 14.1. The smallest absolute Gasteiger partial charge is 0.338 e. The van der Waals surface area contributed by atoms with E-state index in [4.69, 9.17) is 9.47 Å². The van der Waals surface area contributed by atoms with Crippen molar-refractivity contribution in [3.8, 4) is 5.75 Å². The molecule has 2 saturated heterocycles. The van der Waals surface area contributed by atoms with Gasteiger partial charge in [-0.2, -0.15) is 0 Å². The second-order valence-electron chi connectivity index (χ2n) is 13.8. The summed E-state index contributed by atoms with van der Waals surface area (Å²) < 4.78 is 24.5. The maximum Gasteiger partial charge on any atom is 0.338 e. The number of nitrogens with zero attached hydrogens (tertiary/aromatic N) is 3. The van der Waals surface area contributed by atoms with Gasteiger partial charge in [0.15, 0.2) is 11.6 Å². The minimum absolute atomic E-state index is 0. The highest BCUT2D eigenvalue weighted by molar-refractivity contribution is 5.89. The van der Waals surface area contributed by atoms with Crippen LogP contribution < -0.4 is 10.1 Å². The largest absolute Gasteiger partial charge is 0.491 e. The van der Waals surface area contributed by atoms with Gasteiger partial charge in [0.25, 0.3) is 0 Å².